The van der Waals surface area contributed by atoms with E-state index in [2.05, 4.69) is 63.3 Å². The van der Waals surface area contributed by atoms with Crippen molar-refractivity contribution in [3.63, 3.8) is 0 Å². The Balaban J connectivity index is 2.56. The van der Waals surface area contributed by atoms with Gasteiger partial charge < -0.3 is 5.32 Å². The Kier molecular flexibility index (Phi) is 4.20. The molecule has 0 fully saturated rings. The van der Waals surface area contributed by atoms with E-state index >= 15 is 0 Å². The Labute approximate surface area is 122 Å². The predicted octanol–water partition coefficient (Wildman–Crippen LogP) is 4.26. The molecule has 19 heavy (non-hydrogen) atoms. The lowest BCUT2D eigenvalue weighted by Gasteiger charge is -2.12. The van der Waals surface area contributed by atoms with Crippen LogP contribution in [0.25, 0.3) is 11.4 Å². The first kappa shape index (κ1) is 14.0. The van der Waals surface area contributed by atoms with Crippen molar-refractivity contribution < 1.29 is 0 Å². The summed E-state index contributed by atoms with van der Waals surface area (Å²) in [5, 5.41) is 3.29. The van der Waals surface area contributed by atoms with Crippen LogP contribution in [0.15, 0.2) is 22.7 Å². The molecule has 0 saturated carbocycles. The molecule has 1 aromatic heterocycles. The van der Waals surface area contributed by atoms with Gasteiger partial charge in [0.1, 0.15) is 5.82 Å². The van der Waals surface area contributed by atoms with Gasteiger partial charge >= 0.3 is 0 Å². The summed E-state index contributed by atoms with van der Waals surface area (Å²) in [5.74, 6) is 1.67. The molecule has 0 spiro atoms. The maximum absolute atomic E-state index is 4.63. The van der Waals surface area contributed by atoms with Crippen molar-refractivity contribution in [1.29, 1.82) is 0 Å². The second kappa shape index (κ2) is 5.70. The van der Waals surface area contributed by atoms with Crippen LogP contribution in [0.4, 0.5) is 5.82 Å². The number of benzene rings is 1. The SMILES string of the molecule is CCNc1nc(-c2ccc(C)cc2Br)nc(C)c1C. The van der Waals surface area contributed by atoms with E-state index in [9.17, 15) is 0 Å². The minimum atomic E-state index is 0.755. The summed E-state index contributed by atoms with van der Waals surface area (Å²) in [5.41, 5.74) is 4.35. The quantitative estimate of drug-likeness (QED) is 0.918. The first-order valence-corrected chi connectivity index (χ1v) is 7.18. The van der Waals surface area contributed by atoms with Crippen LogP contribution < -0.4 is 5.32 Å². The molecule has 100 valence electrons. The van der Waals surface area contributed by atoms with Crippen LogP contribution in [-0.2, 0) is 0 Å². The zero-order chi connectivity index (χ0) is 14.0. The maximum atomic E-state index is 4.63. The van der Waals surface area contributed by atoms with Gasteiger partial charge in [0, 0.05) is 27.8 Å². The number of halogens is 1. The fourth-order valence-electron chi connectivity index (χ4n) is 1.89. The monoisotopic (exact) mass is 319 g/mol. The summed E-state index contributed by atoms with van der Waals surface area (Å²) in [7, 11) is 0. The van der Waals surface area contributed by atoms with Gasteiger partial charge in [-0.05, 0) is 45.4 Å². The van der Waals surface area contributed by atoms with Crippen molar-refractivity contribution in [3.8, 4) is 11.4 Å². The largest absolute Gasteiger partial charge is 0.370 e. The van der Waals surface area contributed by atoms with Crippen molar-refractivity contribution in [2.45, 2.75) is 27.7 Å². The molecule has 0 atom stereocenters. The fourth-order valence-corrected chi connectivity index (χ4v) is 2.56. The number of rotatable bonds is 3. The van der Waals surface area contributed by atoms with Crippen LogP contribution in [0.2, 0.25) is 0 Å². The summed E-state index contributed by atoms with van der Waals surface area (Å²) in [4.78, 5) is 9.23. The van der Waals surface area contributed by atoms with Gasteiger partial charge in [0.15, 0.2) is 5.82 Å². The highest BCUT2D eigenvalue weighted by Crippen LogP contribution is 2.28. The van der Waals surface area contributed by atoms with Gasteiger partial charge in [0.25, 0.3) is 0 Å². The lowest BCUT2D eigenvalue weighted by molar-refractivity contribution is 1.04. The first-order chi connectivity index (χ1) is 9.02. The summed E-state index contributed by atoms with van der Waals surface area (Å²) in [6.07, 6.45) is 0. The van der Waals surface area contributed by atoms with Crippen molar-refractivity contribution in [1.82, 2.24) is 9.97 Å². The minimum Gasteiger partial charge on any atom is -0.370 e. The van der Waals surface area contributed by atoms with Crippen LogP contribution in [0.3, 0.4) is 0 Å². The number of anilines is 1. The van der Waals surface area contributed by atoms with Gasteiger partial charge in [-0.15, -0.1) is 0 Å². The molecule has 3 nitrogen and oxygen atoms in total. The topological polar surface area (TPSA) is 37.8 Å². The molecule has 1 heterocycles. The third-order valence-corrected chi connectivity index (χ3v) is 3.76. The van der Waals surface area contributed by atoms with E-state index in [1.54, 1.807) is 0 Å². The fraction of sp³-hybridized carbons (Fsp3) is 0.333. The lowest BCUT2D eigenvalue weighted by atomic mass is 10.1. The molecule has 0 bridgehead atoms. The van der Waals surface area contributed by atoms with Gasteiger partial charge in [-0.3, -0.25) is 0 Å². The van der Waals surface area contributed by atoms with Crippen LogP contribution >= 0.6 is 15.9 Å². The van der Waals surface area contributed by atoms with Gasteiger partial charge in [0.05, 0.1) is 0 Å². The third-order valence-electron chi connectivity index (χ3n) is 3.10. The molecule has 2 rings (SSSR count). The Bertz CT molecular complexity index is 609. The summed E-state index contributed by atoms with van der Waals surface area (Å²) in [6.45, 7) is 9.05. The van der Waals surface area contributed by atoms with Crippen molar-refractivity contribution >= 4 is 21.7 Å². The zero-order valence-electron chi connectivity index (χ0n) is 11.7. The van der Waals surface area contributed by atoms with E-state index in [1.807, 2.05) is 13.8 Å². The molecule has 0 unspecified atom stereocenters. The summed E-state index contributed by atoms with van der Waals surface area (Å²) in [6, 6.07) is 6.21. The standard InChI is InChI=1S/C15H18BrN3/c1-5-17-14-10(3)11(4)18-15(19-14)12-7-6-9(2)8-13(12)16/h6-8H,5H2,1-4H3,(H,17,18,19). The van der Waals surface area contributed by atoms with Crippen LogP contribution in [0, 0.1) is 20.8 Å². The smallest absolute Gasteiger partial charge is 0.162 e. The van der Waals surface area contributed by atoms with Crippen molar-refractivity contribution in [3.05, 3.63) is 39.5 Å². The van der Waals surface area contributed by atoms with E-state index in [0.29, 0.717) is 0 Å². The molecule has 0 aliphatic heterocycles. The average Bonchev–Trinajstić information content (AvgIpc) is 2.35. The number of hydrogen-bond acceptors (Lipinski definition) is 3. The minimum absolute atomic E-state index is 0.755. The molecule has 0 aliphatic carbocycles. The zero-order valence-corrected chi connectivity index (χ0v) is 13.3. The molecule has 0 aliphatic rings. The molecule has 0 radical (unpaired) electrons. The molecular formula is C15H18BrN3. The van der Waals surface area contributed by atoms with Gasteiger partial charge in [-0.1, -0.05) is 22.0 Å². The second-order valence-corrected chi connectivity index (χ2v) is 5.47. The highest BCUT2D eigenvalue weighted by atomic mass is 79.9. The Hall–Kier alpha value is -1.42. The number of nitrogens with one attached hydrogen (secondary N) is 1. The van der Waals surface area contributed by atoms with E-state index in [0.717, 1.165) is 39.5 Å². The predicted molar refractivity (Wildman–Crippen MR) is 83.5 cm³/mol. The molecule has 1 aromatic carbocycles. The van der Waals surface area contributed by atoms with E-state index in [-0.39, 0.29) is 0 Å². The van der Waals surface area contributed by atoms with Gasteiger partial charge in [-0.25, -0.2) is 9.97 Å². The molecular weight excluding hydrogens is 302 g/mol. The van der Waals surface area contributed by atoms with Crippen molar-refractivity contribution in [2.24, 2.45) is 0 Å². The molecule has 2 aromatic rings. The average molecular weight is 320 g/mol. The van der Waals surface area contributed by atoms with E-state index < -0.39 is 0 Å². The Morgan fingerprint density at radius 1 is 1.16 bits per heavy atom. The molecule has 0 amide bonds. The second-order valence-electron chi connectivity index (χ2n) is 4.62. The first-order valence-electron chi connectivity index (χ1n) is 6.38. The van der Waals surface area contributed by atoms with Crippen LogP contribution in [0.5, 0.6) is 0 Å². The molecule has 1 N–H and O–H groups in total. The highest BCUT2D eigenvalue weighted by molar-refractivity contribution is 9.10. The van der Waals surface area contributed by atoms with E-state index in [1.165, 1.54) is 5.56 Å². The van der Waals surface area contributed by atoms with E-state index in [4.69, 9.17) is 0 Å². The van der Waals surface area contributed by atoms with Crippen LogP contribution in [0.1, 0.15) is 23.7 Å². The normalized spacial score (nSPS) is 10.6. The Morgan fingerprint density at radius 2 is 1.89 bits per heavy atom. The number of aromatic nitrogens is 2. The van der Waals surface area contributed by atoms with Crippen LogP contribution in [-0.4, -0.2) is 16.5 Å². The summed E-state index contributed by atoms with van der Waals surface area (Å²) >= 11 is 3.59. The number of hydrogen-bond donors (Lipinski definition) is 1. The molecule has 0 saturated heterocycles. The lowest BCUT2D eigenvalue weighted by Crippen LogP contribution is -2.06. The Morgan fingerprint density at radius 3 is 2.53 bits per heavy atom. The number of aryl methyl sites for hydroxylation is 2. The molecule has 4 heteroatoms. The summed E-state index contributed by atoms with van der Waals surface area (Å²) < 4.78 is 1.03. The maximum Gasteiger partial charge on any atom is 0.162 e. The highest BCUT2D eigenvalue weighted by Gasteiger charge is 2.11. The number of nitrogens with zero attached hydrogens (tertiary/aromatic N) is 2. The van der Waals surface area contributed by atoms with Gasteiger partial charge in [0.2, 0.25) is 0 Å². The third kappa shape index (κ3) is 2.95. The van der Waals surface area contributed by atoms with Crippen molar-refractivity contribution in [2.75, 3.05) is 11.9 Å². The van der Waals surface area contributed by atoms with Gasteiger partial charge in [-0.2, -0.15) is 0 Å².